The van der Waals surface area contributed by atoms with Crippen molar-refractivity contribution < 1.29 is 5.21 Å². The fourth-order valence-electron chi connectivity index (χ4n) is 1.30. The summed E-state index contributed by atoms with van der Waals surface area (Å²) in [6.45, 7) is 8.40. The van der Waals surface area contributed by atoms with Crippen molar-refractivity contribution >= 4 is 17.6 Å². The lowest BCUT2D eigenvalue weighted by molar-refractivity contribution is 0.318. The molecule has 17 heavy (non-hydrogen) atoms. The number of hydrogen-bond donors (Lipinski definition) is 2. The molecule has 1 heterocycles. The van der Waals surface area contributed by atoms with Crippen LogP contribution in [0.2, 0.25) is 0 Å². The topological polar surface area (TPSA) is 71.5 Å². The molecule has 0 aliphatic heterocycles. The van der Waals surface area contributed by atoms with E-state index in [9.17, 15) is 0 Å². The third kappa shape index (κ3) is 3.36. The summed E-state index contributed by atoms with van der Waals surface area (Å²) in [6.07, 6.45) is 1.75. The summed E-state index contributed by atoms with van der Waals surface area (Å²) in [6, 6.07) is 1.86. The predicted octanol–water partition coefficient (Wildman–Crippen LogP) is 2.62. The van der Waals surface area contributed by atoms with Gasteiger partial charge in [-0.2, -0.15) is 0 Å². The smallest absolute Gasteiger partial charge is 0.173 e. The van der Waals surface area contributed by atoms with E-state index < -0.39 is 0 Å². The maximum atomic E-state index is 8.81. The average Bonchev–Trinajstić information content (AvgIpc) is 2.28. The van der Waals surface area contributed by atoms with Crippen LogP contribution < -0.4 is 5.73 Å². The number of aryl methyl sites for hydroxylation is 1. The molecule has 0 aliphatic carbocycles. The van der Waals surface area contributed by atoms with Crippen molar-refractivity contribution in [1.82, 2.24) is 4.98 Å². The minimum absolute atomic E-state index is 0.119. The first-order valence-corrected chi connectivity index (χ1v) is 6.45. The van der Waals surface area contributed by atoms with Gasteiger partial charge in [0.25, 0.3) is 0 Å². The van der Waals surface area contributed by atoms with Gasteiger partial charge in [0.15, 0.2) is 5.84 Å². The Kier molecular flexibility index (Phi) is 4.81. The lowest BCUT2D eigenvalue weighted by Gasteiger charge is -2.17. The minimum atomic E-state index is 0.119. The van der Waals surface area contributed by atoms with Crippen molar-refractivity contribution in [2.45, 2.75) is 38.0 Å². The highest BCUT2D eigenvalue weighted by Crippen LogP contribution is 2.29. The zero-order chi connectivity index (χ0) is 13.0. The molecule has 94 valence electrons. The van der Waals surface area contributed by atoms with Crippen LogP contribution in [0.1, 0.15) is 31.9 Å². The molecule has 1 atom stereocenters. The number of hydrogen-bond acceptors (Lipinski definition) is 4. The molecule has 1 aromatic heterocycles. The molecule has 0 aromatic carbocycles. The first kappa shape index (κ1) is 13.8. The van der Waals surface area contributed by atoms with Gasteiger partial charge in [-0.05, 0) is 24.5 Å². The maximum Gasteiger partial charge on any atom is 0.173 e. The van der Waals surface area contributed by atoms with Gasteiger partial charge in [-0.25, -0.2) is 4.98 Å². The number of aromatic nitrogens is 1. The van der Waals surface area contributed by atoms with E-state index in [1.165, 1.54) is 0 Å². The number of rotatable bonds is 4. The Labute approximate surface area is 106 Å². The molecule has 0 bridgehead atoms. The third-order valence-corrected chi connectivity index (χ3v) is 4.17. The maximum absolute atomic E-state index is 8.81. The molecule has 0 radical (unpaired) electrons. The van der Waals surface area contributed by atoms with Crippen molar-refractivity contribution in [3.63, 3.8) is 0 Å². The Morgan fingerprint density at radius 3 is 2.65 bits per heavy atom. The fourth-order valence-corrected chi connectivity index (χ4v) is 2.43. The van der Waals surface area contributed by atoms with Crippen LogP contribution in [-0.4, -0.2) is 21.3 Å². The number of nitrogens with two attached hydrogens (primary N) is 1. The second-order valence-corrected chi connectivity index (χ2v) is 5.73. The van der Waals surface area contributed by atoms with Crippen molar-refractivity contribution in [1.29, 1.82) is 0 Å². The lowest BCUT2D eigenvalue weighted by Crippen LogP contribution is -2.18. The monoisotopic (exact) mass is 253 g/mol. The van der Waals surface area contributed by atoms with Crippen LogP contribution in [-0.2, 0) is 0 Å². The van der Waals surface area contributed by atoms with Crippen molar-refractivity contribution in [2.24, 2.45) is 16.8 Å². The summed E-state index contributed by atoms with van der Waals surface area (Å²) in [5.41, 5.74) is 7.39. The zero-order valence-corrected chi connectivity index (χ0v) is 11.5. The summed E-state index contributed by atoms with van der Waals surface area (Å²) < 4.78 is 0. The summed E-state index contributed by atoms with van der Waals surface area (Å²) >= 11 is 1.65. The second kappa shape index (κ2) is 5.91. The standard InChI is InChI=1S/C12H19N3OS/c1-7(2)9(4)17-12-10(11(13)15-16)8(3)5-6-14-12/h5-7,9,16H,1-4H3,(H2,13,15). The van der Waals surface area contributed by atoms with Crippen LogP contribution in [0.25, 0.3) is 0 Å². The van der Waals surface area contributed by atoms with Gasteiger partial charge in [0.05, 0.1) is 5.56 Å². The van der Waals surface area contributed by atoms with E-state index in [1.807, 2.05) is 13.0 Å². The molecule has 0 aliphatic rings. The molecule has 3 N–H and O–H groups in total. The van der Waals surface area contributed by atoms with Crippen LogP contribution in [0.4, 0.5) is 0 Å². The van der Waals surface area contributed by atoms with Gasteiger partial charge in [0.1, 0.15) is 5.03 Å². The Morgan fingerprint density at radius 2 is 2.12 bits per heavy atom. The summed E-state index contributed by atoms with van der Waals surface area (Å²) in [4.78, 5) is 4.32. The van der Waals surface area contributed by atoms with Gasteiger partial charge in [0.2, 0.25) is 0 Å². The highest BCUT2D eigenvalue weighted by molar-refractivity contribution is 7.99. The van der Waals surface area contributed by atoms with Gasteiger partial charge in [-0.1, -0.05) is 25.9 Å². The molecule has 1 rings (SSSR count). The molecular formula is C12H19N3OS. The normalized spacial score (nSPS) is 14.1. The van der Waals surface area contributed by atoms with Gasteiger partial charge in [0, 0.05) is 11.4 Å². The zero-order valence-electron chi connectivity index (χ0n) is 10.6. The highest BCUT2D eigenvalue weighted by Gasteiger charge is 2.16. The summed E-state index contributed by atoms with van der Waals surface area (Å²) in [7, 11) is 0. The molecule has 0 fully saturated rings. The van der Waals surface area contributed by atoms with E-state index >= 15 is 0 Å². The van der Waals surface area contributed by atoms with Crippen LogP contribution >= 0.6 is 11.8 Å². The number of nitrogens with zero attached hydrogens (tertiary/aromatic N) is 2. The number of pyridine rings is 1. The molecule has 0 spiro atoms. The quantitative estimate of drug-likeness (QED) is 0.284. The molecule has 4 nitrogen and oxygen atoms in total. The first-order chi connectivity index (χ1) is 7.97. The van der Waals surface area contributed by atoms with Gasteiger partial charge in [-0.3, -0.25) is 0 Å². The average molecular weight is 253 g/mol. The van der Waals surface area contributed by atoms with E-state index in [0.717, 1.165) is 16.2 Å². The Bertz CT molecular complexity index is 418. The van der Waals surface area contributed by atoms with Crippen molar-refractivity contribution in [3.05, 3.63) is 23.4 Å². The highest BCUT2D eigenvalue weighted by atomic mass is 32.2. The summed E-state index contributed by atoms with van der Waals surface area (Å²) in [5.74, 6) is 0.663. The predicted molar refractivity (Wildman–Crippen MR) is 71.6 cm³/mol. The van der Waals surface area contributed by atoms with Gasteiger partial charge < -0.3 is 10.9 Å². The first-order valence-electron chi connectivity index (χ1n) is 5.57. The van der Waals surface area contributed by atoms with Gasteiger partial charge in [-0.15, -0.1) is 11.8 Å². The van der Waals surface area contributed by atoms with Crippen LogP contribution in [0.15, 0.2) is 22.4 Å². The molecule has 5 heteroatoms. The van der Waals surface area contributed by atoms with E-state index in [-0.39, 0.29) is 5.84 Å². The molecule has 1 unspecified atom stereocenters. The molecule has 0 amide bonds. The molecular weight excluding hydrogens is 234 g/mol. The molecule has 0 saturated carbocycles. The Morgan fingerprint density at radius 1 is 1.47 bits per heavy atom. The minimum Gasteiger partial charge on any atom is -0.409 e. The van der Waals surface area contributed by atoms with Gasteiger partial charge >= 0.3 is 0 Å². The number of thioether (sulfide) groups is 1. The van der Waals surface area contributed by atoms with E-state index in [1.54, 1.807) is 18.0 Å². The SMILES string of the molecule is Cc1ccnc(SC(C)C(C)C)c1/C(N)=N/O. The van der Waals surface area contributed by atoms with E-state index in [4.69, 9.17) is 10.9 Å². The second-order valence-electron chi connectivity index (χ2n) is 4.36. The van der Waals surface area contributed by atoms with Crippen LogP contribution in [0.5, 0.6) is 0 Å². The van der Waals surface area contributed by atoms with Crippen molar-refractivity contribution in [3.8, 4) is 0 Å². The molecule has 1 aromatic rings. The lowest BCUT2D eigenvalue weighted by atomic mass is 10.1. The Hall–Kier alpha value is -1.23. The number of oxime groups is 1. The third-order valence-electron chi connectivity index (χ3n) is 2.72. The van der Waals surface area contributed by atoms with Crippen molar-refractivity contribution in [2.75, 3.05) is 0 Å². The van der Waals surface area contributed by atoms with E-state index in [0.29, 0.717) is 11.2 Å². The molecule has 0 saturated heterocycles. The van der Waals surface area contributed by atoms with Crippen LogP contribution in [0, 0.1) is 12.8 Å². The number of amidine groups is 1. The Balaban J connectivity index is 3.11. The van der Waals surface area contributed by atoms with E-state index in [2.05, 4.69) is 30.9 Å². The largest absolute Gasteiger partial charge is 0.409 e. The fraction of sp³-hybridized carbons (Fsp3) is 0.500. The van der Waals surface area contributed by atoms with Crippen LogP contribution in [0.3, 0.4) is 0 Å². The summed E-state index contributed by atoms with van der Waals surface area (Å²) in [5, 5.41) is 13.1.